The van der Waals surface area contributed by atoms with E-state index in [-0.39, 0.29) is 27.2 Å². The number of para-hydroxylation sites is 1. The summed E-state index contributed by atoms with van der Waals surface area (Å²) in [4.78, 5) is 26.1. The van der Waals surface area contributed by atoms with Crippen molar-refractivity contribution in [2.45, 2.75) is 19.8 Å². The fraction of sp³-hybridized carbons (Fsp3) is 0.286. The van der Waals surface area contributed by atoms with E-state index in [0.717, 1.165) is 6.20 Å². The molecule has 0 saturated carbocycles. The number of carbonyl (C=O) groups excluding carboxylic acids is 1. The van der Waals surface area contributed by atoms with E-state index in [4.69, 9.17) is 4.18 Å². The lowest BCUT2D eigenvalue weighted by Crippen LogP contribution is -2.18. The van der Waals surface area contributed by atoms with Gasteiger partial charge in [0.05, 0.1) is 16.2 Å². The van der Waals surface area contributed by atoms with Gasteiger partial charge in [-0.25, -0.2) is 4.98 Å². The van der Waals surface area contributed by atoms with E-state index in [2.05, 4.69) is 10.3 Å². The van der Waals surface area contributed by atoms with Crippen molar-refractivity contribution in [3.8, 4) is 5.75 Å². The van der Waals surface area contributed by atoms with Gasteiger partial charge in [-0.1, -0.05) is 25.5 Å². The van der Waals surface area contributed by atoms with Crippen molar-refractivity contribution >= 4 is 37.5 Å². The lowest BCUT2D eigenvalue weighted by molar-refractivity contribution is -0.380. The minimum absolute atomic E-state index is 0.0135. The van der Waals surface area contributed by atoms with E-state index in [9.17, 15) is 23.3 Å². The maximum Gasteiger partial charge on any atom is 0.345 e. The van der Waals surface area contributed by atoms with Crippen LogP contribution in [0.2, 0.25) is 0 Å². The number of benzene rings is 1. The first-order valence-electron chi connectivity index (χ1n) is 7.25. The smallest absolute Gasteiger partial charge is 0.345 e. The molecule has 0 aliphatic carbocycles. The van der Waals surface area contributed by atoms with Gasteiger partial charge in [0.2, 0.25) is 0 Å². The molecule has 25 heavy (non-hydrogen) atoms. The minimum atomic E-state index is -3.82. The summed E-state index contributed by atoms with van der Waals surface area (Å²) in [7, 11) is -3.82. The van der Waals surface area contributed by atoms with Crippen LogP contribution in [0.4, 0.5) is 10.1 Å². The molecule has 0 atom stereocenters. The third-order valence-corrected chi connectivity index (χ3v) is 5.08. The van der Waals surface area contributed by atoms with Gasteiger partial charge < -0.3 is 4.18 Å². The number of nitrogens with zero attached hydrogens (tertiary/aromatic N) is 2. The zero-order valence-corrected chi connectivity index (χ0v) is 14.8. The van der Waals surface area contributed by atoms with Gasteiger partial charge >= 0.3 is 15.1 Å². The fourth-order valence-corrected chi connectivity index (χ4v) is 3.57. The number of aromatic nitrogens is 1. The third-order valence-electron chi connectivity index (χ3n) is 2.99. The van der Waals surface area contributed by atoms with Crippen molar-refractivity contribution in [2.24, 2.45) is 0 Å². The molecular formula is C14H15N3O6S2. The Hall–Kier alpha value is -2.53. The summed E-state index contributed by atoms with van der Waals surface area (Å²) in [5, 5.41) is 12.8. The van der Waals surface area contributed by atoms with Crippen molar-refractivity contribution in [2.75, 3.05) is 11.1 Å². The number of carbonyl (C=O) groups is 1. The molecule has 1 aromatic carbocycles. The van der Waals surface area contributed by atoms with Crippen molar-refractivity contribution in [3.05, 3.63) is 46.1 Å². The van der Waals surface area contributed by atoms with E-state index in [1.54, 1.807) is 6.07 Å². The Morgan fingerprint density at radius 2 is 2.12 bits per heavy atom. The maximum atomic E-state index is 12.3. The molecule has 0 saturated heterocycles. The van der Waals surface area contributed by atoms with Crippen molar-refractivity contribution < 1.29 is 22.3 Å². The van der Waals surface area contributed by atoms with Gasteiger partial charge in [0, 0.05) is 0 Å². The summed E-state index contributed by atoms with van der Waals surface area (Å²) >= 11 is 0.693. The molecular weight excluding hydrogens is 370 g/mol. The third kappa shape index (κ3) is 5.22. The van der Waals surface area contributed by atoms with E-state index in [1.165, 1.54) is 18.2 Å². The van der Waals surface area contributed by atoms with Gasteiger partial charge in [-0.3, -0.25) is 20.2 Å². The molecule has 0 bridgehead atoms. The molecule has 1 N–H and O–H groups in total. The molecule has 0 spiro atoms. The Labute approximate surface area is 147 Å². The first-order valence-corrected chi connectivity index (χ1v) is 9.64. The number of hydrogen-bond acceptors (Lipinski definition) is 8. The van der Waals surface area contributed by atoms with E-state index >= 15 is 0 Å². The van der Waals surface area contributed by atoms with Gasteiger partial charge in [0.1, 0.15) is 6.20 Å². The maximum absolute atomic E-state index is 12.3. The molecule has 0 aliphatic heterocycles. The molecule has 0 radical (unpaired) electrons. The Morgan fingerprint density at radius 1 is 1.40 bits per heavy atom. The largest absolute Gasteiger partial charge is 0.382 e. The number of hydrogen-bond donors (Lipinski definition) is 1. The zero-order valence-electron chi connectivity index (χ0n) is 13.2. The molecule has 0 unspecified atom stereocenters. The Balaban J connectivity index is 2.18. The van der Waals surface area contributed by atoms with Crippen LogP contribution < -0.4 is 9.50 Å². The number of nitro groups is 1. The molecule has 2 rings (SSSR count). The minimum Gasteiger partial charge on any atom is -0.382 e. The van der Waals surface area contributed by atoms with Crippen molar-refractivity contribution in [3.63, 3.8) is 0 Å². The topological polar surface area (TPSA) is 128 Å². The van der Waals surface area contributed by atoms with Gasteiger partial charge in [-0.2, -0.15) is 8.42 Å². The second-order valence-corrected chi connectivity index (χ2v) is 7.61. The van der Waals surface area contributed by atoms with Gasteiger partial charge in [-0.15, -0.1) is 0 Å². The lowest BCUT2D eigenvalue weighted by Gasteiger charge is -2.10. The summed E-state index contributed by atoms with van der Waals surface area (Å²) in [5.74, 6) is -0.939. The molecule has 1 heterocycles. The predicted molar refractivity (Wildman–Crippen MR) is 92.5 cm³/mol. The molecule has 2 aromatic rings. The van der Waals surface area contributed by atoms with Gasteiger partial charge in [0.25, 0.3) is 5.91 Å². The standard InChI is InChI=1S/C14H15N3O6S2/c1-2-3-8-25(21,22)23-11-7-5-4-6-10(11)13(18)16-14-15-9-12(24-14)17(19)20/h4-7,9H,2-3,8H2,1H3,(H,15,16,18). The molecule has 1 aromatic heterocycles. The predicted octanol–water partition coefficient (Wildman–Crippen LogP) is 2.81. The quantitative estimate of drug-likeness (QED) is 0.420. The van der Waals surface area contributed by atoms with Crippen molar-refractivity contribution in [1.82, 2.24) is 4.98 Å². The van der Waals surface area contributed by atoms with Crippen LogP contribution >= 0.6 is 11.3 Å². The average Bonchev–Trinajstić information content (AvgIpc) is 3.02. The number of nitrogens with one attached hydrogen (secondary N) is 1. The van der Waals surface area contributed by atoms with Crippen LogP contribution in [-0.2, 0) is 10.1 Å². The summed E-state index contributed by atoms with van der Waals surface area (Å²) in [6.07, 6.45) is 2.16. The molecule has 9 nitrogen and oxygen atoms in total. The number of rotatable bonds is 8. The summed E-state index contributed by atoms with van der Waals surface area (Å²) in [6.45, 7) is 1.85. The van der Waals surface area contributed by atoms with Crippen LogP contribution in [0, 0.1) is 10.1 Å². The molecule has 0 aliphatic rings. The Bertz CT molecular complexity index is 878. The average molecular weight is 385 g/mol. The first kappa shape index (κ1) is 18.8. The highest BCUT2D eigenvalue weighted by Gasteiger charge is 2.20. The van der Waals surface area contributed by atoms with Crippen LogP contribution in [0.25, 0.3) is 0 Å². The molecule has 1 amide bonds. The van der Waals surface area contributed by atoms with Gasteiger partial charge in [0.15, 0.2) is 10.9 Å². The number of unbranched alkanes of at least 4 members (excludes halogenated alkanes) is 1. The monoisotopic (exact) mass is 385 g/mol. The Morgan fingerprint density at radius 3 is 2.76 bits per heavy atom. The number of amides is 1. The summed E-state index contributed by atoms with van der Waals surface area (Å²) in [6, 6.07) is 5.84. The van der Waals surface area contributed by atoms with Crippen LogP contribution in [-0.4, -0.2) is 30.0 Å². The van der Waals surface area contributed by atoms with E-state index in [0.29, 0.717) is 24.2 Å². The molecule has 134 valence electrons. The second-order valence-electron chi connectivity index (χ2n) is 4.91. The fourth-order valence-electron chi connectivity index (χ4n) is 1.80. The SMILES string of the molecule is CCCCS(=O)(=O)Oc1ccccc1C(=O)Nc1ncc([N+](=O)[O-])s1. The normalized spacial score (nSPS) is 11.1. The van der Waals surface area contributed by atoms with Crippen LogP contribution in [0.5, 0.6) is 5.75 Å². The number of anilines is 1. The van der Waals surface area contributed by atoms with Crippen LogP contribution in [0.3, 0.4) is 0 Å². The molecule has 11 heteroatoms. The highest BCUT2D eigenvalue weighted by molar-refractivity contribution is 7.87. The highest BCUT2D eigenvalue weighted by atomic mass is 32.2. The van der Waals surface area contributed by atoms with E-state index < -0.39 is 20.9 Å². The summed E-state index contributed by atoms with van der Waals surface area (Å²) < 4.78 is 28.9. The lowest BCUT2D eigenvalue weighted by atomic mass is 10.2. The molecule has 0 fully saturated rings. The van der Waals surface area contributed by atoms with Crippen molar-refractivity contribution in [1.29, 1.82) is 0 Å². The zero-order chi connectivity index (χ0) is 18.4. The Kier molecular flexibility index (Phi) is 6.04. The van der Waals surface area contributed by atoms with E-state index in [1.807, 2.05) is 6.92 Å². The first-order chi connectivity index (χ1) is 11.8. The summed E-state index contributed by atoms with van der Waals surface area (Å²) in [5.41, 5.74) is -0.0135. The van der Waals surface area contributed by atoms with Gasteiger partial charge in [-0.05, 0) is 29.9 Å². The second kappa shape index (κ2) is 8.03. The number of thiazole rings is 1. The van der Waals surface area contributed by atoms with Crippen LogP contribution in [0.15, 0.2) is 30.5 Å². The highest BCUT2D eigenvalue weighted by Crippen LogP contribution is 2.27. The van der Waals surface area contributed by atoms with Crippen LogP contribution in [0.1, 0.15) is 30.1 Å².